The summed E-state index contributed by atoms with van der Waals surface area (Å²) in [6.07, 6.45) is 1.55. The summed E-state index contributed by atoms with van der Waals surface area (Å²) in [5, 5.41) is 3.04. The molecule has 1 saturated heterocycles. The molecule has 8 heteroatoms. The molecule has 1 aliphatic heterocycles. The van der Waals surface area contributed by atoms with E-state index in [4.69, 9.17) is 4.42 Å². The van der Waals surface area contributed by atoms with Crippen LogP contribution in [0.1, 0.15) is 40.7 Å². The van der Waals surface area contributed by atoms with Crippen LogP contribution in [-0.4, -0.2) is 43.6 Å². The van der Waals surface area contributed by atoms with Gasteiger partial charge in [-0.2, -0.15) is 0 Å². The van der Waals surface area contributed by atoms with Gasteiger partial charge in [0.15, 0.2) is 17.1 Å². The molecule has 148 valence electrons. The van der Waals surface area contributed by atoms with Crippen LogP contribution in [0.4, 0.5) is 0 Å². The Bertz CT molecular complexity index is 1260. The molecule has 1 N–H and O–H groups in total. The Kier molecular flexibility index (Phi) is 4.01. The van der Waals surface area contributed by atoms with E-state index in [9.17, 15) is 9.59 Å². The number of amides is 1. The molecule has 1 aliphatic rings. The van der Waals surface area contributed by atoms with Gasteiger partial charge in [0, 0.05) is 31.7 Å². The minimum atomic E-state index is -0.292. The van der Waals surface area contributed by atoms with Crippen LogP contribution in [0.3, 0.4) is 0 Å². The number of oxazole rings is 1. The van der Waals surface area contributed by atoms with E-state index in [2.05, 4.69) is 15.1 Å². The van der Waals surface area contributed by atoms with Crippen molar-refractivity contribution in [2.24, 2.45) is 7.05 Å². The number of aromatic amines is 1. The van der Waals surface area contributed by atoms with E-state index in [1.165, 1.54) is 0 Å². The fourth-order valence-electron chi connectivity index (χ4n) is 4.12. The lowest BCUT2D eigenvalue weighted by Crippen LogP contribution is -2.38. The summed E-state index contributed by atoms with van der Waals surface area (Å²) in [5.74, 6) is 0.791. The van der Waals surface area contributed by atoms with E-state index in [1.807, 2.05) is 31.2 Å². The lowest BCUT2D eigenvalue weighted by molar-refractivity contribution is 0.0708. The third-order valence-corrected chi connectivity index (χ3v) is 5.61. The van der Waals surface area contributed by atoms with Crippen molar-refractivity contribution in [1.82, 2.24) is 24.6 Å². The first-order chi connectivity index (χ1) is 14.0. The summed E-state index contributed by atoms with van der Waals surface area (Å²) in [5.41, 5.74) is 2.98. The molecule has 3 aromatic heterocycles. The number of hydrogen-bond acceptors (Lipinski definition) is 5. The van der Waals surface area contributed by atoms with Crippen LogP contribution >= 0.6 is 0 Å². The van der Waals surface area contributed by atoms with E-state index >= 15 is 0 Å². The summed E-state index contributed by atoms with van der Waals surface area (Å²) in [7, 11) is 1.72. The Morgan fingerprint density at radius 1 is 1.21 bits per heavy atom. The van der Waals surface area contributed by atoms with Crippen molar-refractivity contribution >= 4 is 28.0 Å². The van der Waals surface area contributed by atoms with Crippen LogP contribution in [0.15, 0.2) is 39.5 Å². The zero-order chi connectivity index (χ0) is 20.1. The predicted molar refractivity (Wildman–Crippen MR) is 108 cm³/mol. The highest BCUT2D eigenvalue weighted by atomic mass is 16.3. The van der Waals surface area contributed by atoms with Gasteiger partial charge in [-0.1, -0.05) is 12.1 Å². The number of H-pyrrole nitrogens is 1. The van der Waals surface area contributed by atoms with Gasteiger partial charge in [-0.25, -0.2) is 9.97 Å². The first kappa shape index (κ1) is 17.7. The number of rotatable bonds is 2. The van der Waals surface area contributed by atoms with E-state index in [0.29, 0.717) is 35.4 Å². The molecule has 0 radical (unpaired) electrons. The quantitative estimate of drug-likeness (QED) is 0.567. The monoisotopic (exact) mass is 391 g/mol. The van der Waals surface area contributed by atoms with Gasteiger partial charge in [0.05, 0.1) is 10.9 Å². The summed E-state index contributed by atoms with van der Waals surface area (Å²) in [6, 6.07) is 9.43. The number of pyridine rings is 1. The number of para-hydroxylation sites is 2. The molecular weight excluding hydrogens is 370 g/mol. The molecule has 0 saturated carbocycles. The molecule has 0 aliphatic carbocycles. The van der Waals surface area contributed by atoms with Gasteiger partial charge in [-0.05, 0) is 38.0 Å². The van der Waals surface area contributed by atoms with Gasteiger partial charge in [0.1, 0.15) is 5.52 Å². The van der Waals surface area contributed by atoms with Crippen molar-refractivity contribution in [3.63, 3.8) is 0 Å². The van der Waals surface area contributed by atoms with Gasteiger partial charge in [-0.15, -0.1) is 0 Å². The molecule has 1 amide bonds. The number of carbonyl (C=O) groups excluding carboxylic acids is 1. The first-order valence-corrected chi connectivity index (χ1v) is 9.72. The number of piperidine rings is 1. The molecule has 1 aromatic carbocycles. The molecule has 5 rings (SSSR count). The van der Waals surface area contributed by atoms with Crippen molar-refractivity contribution < 1.29 is 9.21 Å². The number of nitrogens with zero attached hydrogens (tertiary/aromatic N) is 4. The Labute approximate surface area is 166 Å². The van der Waals surface area contributed by atoms with E-state index in [-0.39, 0.29) is 17.4 Å². The van der Waals surface area contributed by atoms with Crippen LogP contribution in [0, 0.1) is 6.92 Å². The topological polar surface area (TPSA) is 97.0 Å². The lowest BCUT2D eigenvalue weighted by Gasteiger charge is -2.30. The zero-order valence-corrected chi connectivity index (χ0v) is 16.3. The number of aryl methyl sites for hydroxylation is 2. The maximum atomic E-state index is 13.2. The summed E-state index contributed by atoms with van der Waals surface area (Å²) in [6.45, 7) is 3.01. The molecule has 0 atom stereocenters. The summed E-state index contributed by atoms with van der Waals surface area (Å²) in [4.78, 5) is 36.3. The van der Waals surface area contributed by atoms with Crippen LogP contribution < -0.4 is 5.56 Å². The number of hydrogen-bond donors (Lipinski definition) is 1. The molecule has 0 spiro atoms. The Morgan fingerprint density at radius 3 is 2.72 bits per heavy atom. The lowest BCUT2D eigenvalue weighted by atomic mass is 9.96. The average Bonchev–Trinajstić information content (AvgIpc) is 3.28. The van der Waals surface area contributed by atoms with Crippen molar-refractivity contribution in [3.8, 4) is 0 Å². The normalized spacial score (nSPS) is 15.4. The smallest absolute Gasteiger partial charge is 0.274 e. The van der Waals surface area contributed by atoms with Gasteiger partial charge < -0.3 is 9.32 Å². The van der Waals surface area contributed by atoms with Crippen molar-refractivity contribution in [1.29, 1.82) is 0 Å². The van der Waals surface area contributed by atoms with E-state index in [1.54, 1.807) is 22.7 Å². The second-order valence-corrected chi connectivity index (χ2v) is 7.60. The second kappa shape index (κ2) is 6.58. The van der Waals surface area contributed by atoms with Crippen LogP contribution in [0.25, 0.3) is 22.1 Å². The highest BCUT2D eigenvalue weighted by Crippen LogP contribution is 2.30. The molecule has 4 heterocycles. The van der Waals surface area contributed by atoms with Gasteiger partial charge >= 0.3 is 0 Å². The van der Waals surface area contributed by atoms with Crippen LogP contribution in [-0.2, 0) is 7.05 Å². The fourth-order valence-corrected chi connectivity index (χ4v) is 4.12. The standard InChI is InChI=1S/C21H21N5O3/c1-12-11-14(17-18(22-12)25(2)24-19(17)27)21(28)26-9-7-13(8-10-26)20-23-15-5-3-4-6-16(15)29-20/h3-6,11,13H,7-10H2,1-2H3,(H,24,27). The van der Waals surface area contributed by atoms with Crippen LogP contribution in [0.5, 0.6) is 0 Å². The van der Waals surface area contributed by atoms with Gasteiger partial charge in [0.2, 0.25) is 0 Å². The second-order valence-electron chi connectivity index (χ2n) is 7.60. The maximum Gasteiger partial charge on any atom is 0.274 e. The predicted octanol–water partition coefficient (Wildman–Crippen LogP) is 2.73. The summed E-state index contributed by atoms with van der Waals surface area (Å²) >= 11 is 0. The number of fused-ring (bicyclic) bond motifs is 2. The highest BCUT2D eigenvalue weighted by Gasteiger charge is 2.29. The Morgan fingerprint density at radius 2 is 1.97 bits per heavy atom. The number of nitrogens with one attached hydrogen (secondary N) is 1. The number of benzene rings is 1. The molecule has 0 unspecified atom stereocenters. The van der Waals surface area contributed by atoms with Gasteiger partial charge in [-0.3, -0.25) is 19.4 Å². The molecule has 8 nitrogen and oxygen atoms in total. The number of carbonyl (C=O) groups is 1. The SMILES string of the molecule is Cc1cc(C(=O)N2CCC(c3nc4ccccc4o3)CC2)c2c(=O)[nH]n(C)c2n1. The van der Waals surface area contributed by atoms with Gasteiger partial charge in [0.25, 0.3) is 11.5 Å². The minimum Gasteiger partial charge on any atom is -0.440 e. The molecule has 29 heavy (non-hydrogen) atoms. The number of likely N-dealkylation sites (tertiary alicyclic amines) is 1. The molecule has 0 bridgehead atoms. The Balaban J connectivity index is 1.39. The summed E-state index contributed by atoms with van der Waals surface area (Å²) < 4.78 is 7.47. The largest absolute Gasteiger partial charge is 0.440 e. The minimum absolute atomic E-state index is 0.131. The third-order valence-electron chi connectivity index (χ3n) is 5.61. The fraction of sp³-hybridized carbons (Fsp3) is 0.333. The average molecular weight is 391 g/mol. The molecule has 1 fully saturated rings. The van der Waals surface area contributed by atoms with Crippen molar-refractivity contribution in [2.75, 3.05) is 13.1 Å². The highest BCUT2D eigenvalue weighted by molar-refractivity contribution is 6.05. The van der Waals surface area contributed by atoms with Crippen molar-refractivity contribution in [2.45, 2.75) is 25.7 Å². The maximum absolute atomic E-state index is 13.2. The Hall–Kier alpha value is -3.42. The zero-order valence-electron chi connectivity index (χ0n) is 16.3. The molecule has 4 aromatic rings. The number of aromatic nitrogens is 4. The third kappa shape index (κ3) is 2.91. The van der Waals surface area contributed by atoms with E-state index < -0.39 is 0 Å². The van der Waals surface area contributed by atoms with E-state index in [0.717, 1.165) is 29.8 Å². The van der Waals surface area contributed by atoms with Crippen molar-refractivity contribution in [3.05, 3.63) is 57.8 Å². The molecular formula is C21H21N5O3. The first-order valence-electron chi connectivity index (χ1n) is 9.72. The van der Waals surface area contributed by atoms with Crippen LogP contribution in [0.2, 0.25) is 0 Å².